The summed E-state index contributed by atoms with van der Waals surface area (Å²) in [7, 11) is -2.27. The predicted molar refractivity (Wildman–Crippen MR) is 170 cm³/mol. The van der Waals surface area contributed by atoms with E-state index in [1.165, 1.54) is 36.0 Å². The van der Waals surface area contributed by atoms with Gasteiger partial charge >= 0.3 is 5.97 Å². The highest BCUT2D eigenvalue weighted by Gasteiger charge is 2.57. The minimum Gasteiger partial charge on any atom is -0.402 e. The predicted octanol–water partition coefficient (Wildman–Crippen LogP) is 10.5. The molecular weight excluding hydrogens is 520 g/mol. The smallest absolute Gasteiger partial charge is 0.323 e. The Hall–Kier alpha value is -2.52. The lowest BCUT2D eigenvalue weighted by Gasteiger charge is -2.56. The third kappa shape index (κ3) is 5.52. The molecule has 0 unspecified atom stereocenters. The van der Waals surface area contributed by atoms with Gasteiger partial charge < -0.3 is 4.18 Å². The molecule has 2 nitrogen and oxygen atoms in total. The molecule has 7 rings (SSSR count). The molecule has 4 aliphatic carbocycles. The Morgan fingerprint density at radius 3 is 1.22 bits per heavy atom. The molecule has 41 heavy (non-hydrogen) atoms. The number of hydrogen-bond acceptors (Lipinski definition) is 2. The van der Waals surface area contributed by atoms with Crippen molar-refractivity contribution in [2.24, 2.45) is 23.2 Å². The molecule has 0 aliphatic heterocycles. The van der Waals surface area contributed by atoms with E-state index in [0.29, 0.717) is 17.8 Å². The van der Waals surface area contributed by atoms with Crippen molar-refractivity contribution in [3.63, 3.8) is 0 Å². The standard InChI is InChI=1S/C38H48O2S/c1-4-7-28-10-16-34(17-11-28)41(35-18-12-29(8-5-2)13-19-35,36-20-14-30(9-6-3)15-21-36)40-37(39)38-25-31-22-32(26-38)24-33(23-31)27-38/h10-21,31-33H,4-9,22-27H2,1-3H3. The fourth-order valence-corrected chi connectivity index (χ4v) is 11.6. The topological polar surface area (TPSA) is 26.3 Å². The largest absolute Gasteiger partial charge is 0.402 e. The van der Waals surface area contributed by atoms with Gasteiger partial charge in [-0.15, -0.1) is 0 Å². The van der Waals surface area contributed by atoms with Crippen LogP contribution in [0.2, 0.25) is 0 Å². The molecule has 3 heteroatoms. The monoisotopic (exact) mass is 568 g/mol. The molecule has 4 bridgehead atoms. The van der Waals surface area contributed by atoms with E-state index in [0.717, 1.165) is 72.5 Å². The summed E-state index contributed by atoms with van der Waals surface area (Å²) >= 11 is 0. The Balaban J connectivity index is 1.49. The molecule has 0 heterocycles. The Morgan fingerprint density at radius 2 is 0.927 bits per heavy atom. The fraction of sp³-hybridized carbons (Fsp3) is 0.500. The van der Waals surface area contributed by atoms with Gasteiger partial charge in [0.25, 0.3) is 0 Å². The van der Waals surface area contributed by atoms with E-state index < -0.39 is 10.3 Å². The molecule has 0 atom stereocenters. The van der Waals surface area contributed by atoms with Gasteiger partial charge in [0.1, 0.15) is 0 Å². The Labute approximate surface area is 249 Å². The first kappa shape index (κ1) is 28.6. The molecule has 0 N–H and O–H groups in total. The summed E-state index contributed by atoms with van der Waals surface area (Å²) in [5.41, 5.74) is 3.72. The van der Waals surface area contributed by atoms with Crippen LogP contribution in [-0.2, 0) is 28.2 Å². The highest BCUT2D eigenvalue weighted by molar-refractivity contribution is 8.30. The van der Waals surface area contributed by atoms with Crippen LogP contribution in [0.1, 0.15) is 95.2 Å². The van der Waals surface area contributed by atoms with Crippen LogP contribution in [-0.4, -0.2) is 5.97 Å². The van der Waals surface area contributed by atoms with Crippen molar-refractivity contribution in [1.82, 2.24) is 0 Å². The lowest BCUT2D eigenvalue weighted by atomic mass is 9.49. The summed E-state index contributed by atoms with van der Waals surface area (Å²) in [6.45, 7) is 6.69. The van der Waals surface area contributed by atoms with Crippen LogP contribution in [0.5, 0.6) is 0 Å². The number of carbonyl (C=O) groups excluding carboxylic acids is 1. The van der Waals surface area contributed by atoms with Gasteiger partial charge in [-0.3, -0.25) is 4.79 Å². The number of hydrogen-bond donors (Lipinski definition) is 0. The summed E-state index contributed by atoms with van der Waals surface area (Å²) in [5, 5.41) is 0. The molecule has 0 radical (unpaired) electrons. The van der Waals surface area contributed by atoms with E-state index in [4.69, 9.17) is 4.18 Å². The van der Waals surface area contributed by atoms with Crippen molar-refractivity contribution < 1.29 is 8.98 Å². The molecule has 0 saturated heterocycles. The first-order chi connectivity index (χ1) is 20.0. The minimum absolute atomic E-state index is 0.0690. The average Bonchev–Trinajstić information content (AvgIpc) is 2.97. The van der Waals surface area contributed by atoms with Gasteiger partial charge in [-0.2, -0.15) is 0 Å². The molecule has 0 spiro atoms. The average molecular weight is 569 g/mol. The van der Waals surface area contributed by atoms with Crippen LogP contribution in [0.15, 0.2) is 87.5 Å². The van der Waals surface area contributed by atoms with E-state index >= 15 is 0 Å². The molecule has 4 saturated carbocycles. The van der Waals surface area contributed by atoms with E-state index in [1.807, 2.05) is 0 Å². The van der Waals surface area contributed by atoms with E-state index in [-0.39, 0.29) is 11.4 Å². The molecule has 3 aromatic rings. The SMILES string of the molecule is CCCc1ccc(S(OC(=O)C23CC4CC(CC(C4)C2)C3)(c2ccc(CCC)cc2)c2ccc(CCC)cc2)cc1. The van der Waals surface area contributed by atoms with Gasteiger partial charge in [-0.1, -0.05) is 76.4 Å². The minimum atomic E-state index is -2.27. The fourth-order valence-electron chi connectivity index (χ4n) is 8.52. The number of carbonyl (C=O) groups is 1. The molecule has 0 amide bonds. The van der Waals surface area contributed by atoms with Crippen molar-refractivity contribution in [1.29, 1.82) is 0 Å². The van der Waals surface area contributed by atoms with Gasteiger partial charge in [-0.05, 0) is 139 Å². The maximum Gasteiger partial charge on any atom is 0.323 e. The Bertz CT molecular complexity index is 1170. The van der Waals surface area contributed by atoms with Crippen LogP contribution in [0.4, 0.5) is 0 Å². The van der Waals surface area contributed by atoms with Crippen molar-refractivity contribution in [3.8, 4) is 0 Å². The lowest BCUT2D eigenvalue weighted by molar-refractivity contribution is -0.160. The summed E-state index contributed by atoms with van der Waals surface area (Å²) < 4.78 is 7.23. The second-order valence-electron chi connectivity index (χ2n) is 13.3. The number of rotatable bonds is 11. The zero-order valence-corrected chi connectivity index (χ0v) is 26.2. The summed E-state index contributed by atoms with van der Waals surface area (Å²) in [6, 6.07) is 27.1. The Morgan fingerprint density at radius 1 is 0.610 bits per heavy atom. The van der Waals surface area contributed by atoms with Crippen LogP contribution in [0.25, 0.3) is 0 Å². The zero-order chi connectivity index (χ0) is 28.5. The van der Waals surface area contributed by atoms with Gasteiger partial charge in [0.15, 0.2) is 0 Å². The molecule has 0 aromatic heterocycles. The van der Waals surface area contributed by atoms with E-state index in [1.54, 1.807) is 0 Å². The van der Waals surface area contributed by atoms with Gasteiger partial charge in [0, 0.05) is 14.7 Å². The van der Waals surface area contributed by atoms with Crippen LogP contribution in [0, 0.1) is 23.2 Å². The van der Waals surface area contributed by atoms with Crippen LogP contribution < -0.4 is 0 Å². The molecule has 4 fully saturated rings. The number of aryl methyl sites for hydroxylation is 3. The molecule has 3 aromatic carbocycles. The third-order valence-electron chi connectivity index (χ3n) is 10.1. The summed E-state index contributed by atoms with van der Waals surface area (Å²) in [4.78, 5) is 18.1. The lowest BCUT2D eigenvalue weighted by Crippen LogP contribution is -2.50. The third-order valence-corrected chi connectivity index (χ3v) is 13.3. The van der Waals surface area contributed by atoms with Crippen molar-refractivity contribution in [2.45, 2.75) is 113 Å². The molecule has 218 valence electrons. The van der Waals surface area contributed by atoms with Crippen LogP contribution >= 0.6 is 10.3 Å². The Kier molecular flexibility index (Phi) is 8.37. The second kappa shape index (κ2) is 12.0. The molecule has 4 aliphatic rings. The van der Waals surface area contributed by atoms with Crippen molar-refractivity contribution in [2.75, 3.05) is 0 Å². The first-order valence-electron chi connectivity index (χ1n) is 16.3. The normalized spacial score (nSPS) is 25.3. The van der Waals surface area contributed by atoms with E-state index in [2.05, 4.69) is 93.6 Å². The van der Waals surface area contributed by atoms with E-state index in [9.17, 15) is 4.79 Å². The highest BCUT2D eigenvalue weighted by atomic mass is 32.3. The zero-order valence-electron chi connectivity index (χ0n) is 25.4. The van der Waals surface area contributed by atoms with Crippen LogP contribution in [0.3, 0.4) is 0 Å². The second-order valence-corrected chi connectivity index (χ2v) is 16.0. The summed E-state index contributed by atoms with van der Waals surface area (Å²) in [5.74, 6) is 2.18. The summed E-state index contributed by atoms with van der Waals surface area (Å²) in [6.07, 6.45) is 13.6. The van der Waals surface area contributed by atoms with Crippen molar-refractivity contribution >= 4 is 16.3 Å². The van der Waals surface area contributed by atoms with Gasteiger partial charge in [0.05, 0.1) is 5.41 Å². The van der Waals surface area contributed by atoms with Gasteiger partial charge in [0.2, 0.25) is 0 Å². The first-order valence-corrected chi connectivity index (χ1v) is 17.9. The highest BCUT2D eigenvalue weighted by Crippen LogP contribution is 2.71. The number of benzene rings is 3. The maximum absolute atomic E-state index is 14.7. The molecular formula is C38H48O2S. The van der Waals surface area contributed by atoms with Crippen molar-refractivity contribution in [3.05, 3.63) is 89.5 Å². The quantitative estimate of drug-likeness (QED) is 0.230. The maximum atomic E-state index is 14.7. The van der Waals surface area contributed by atoms with Gasteiger partial charge in [-0.25, -0.2) is 0 Å².